The minimum Gasteiger partial charge on any atom is -0.342 e. The van der Waals surface area contributed by atoms with Crippen LogP contribution in [-0.2, 0) is 16.6 Å². The Morgan fingerprint density at radius 2 is 1.95 bits per heavy atom. The van der Waals surface area contributed by atoms with Gasteiger partial charge in [-0.25, -0.2) is 0 Å². The summed E-state index contributed by atoms with van der Waals surface area (Å²) in [6.45, 7) is 7.96. The summed E-state index contributed by atoms with van der Waals surface area (Å²) in [5.74, 6) is 0.739. The van der Waals surface area contributed by atoms with Crippen molar-refractivity contribution in [1.82, 2.24) is 15.1 Å². The number of rotatable bonds is 4. The molecule has 116 valence electrons. The predicted molar refractivity (Wildman–Crippen MR) is 80.7 cm³/mol. The molecule has 0 spiro atoms. The van der Waals surface area contributed by atoms with Crippen molar-refractivity contribution in [1.29, 1.82) is 0 Å². The SMILES string of the molecule is CC(C)CC1NC(=O)C(C(C)C)N(c2ccn(C)n2)C1=O. The quantitative estimate of drug-likeness (QED) is 0.910. The normalized spacial score (nSPS) is 23.1. The monoisotopic (exact) mass is 292 g/mol. The van der Waals surface area contributed by atoms with Crippen molar-refractivity contribution >= 4 is 17.6 Å². The number of hydrogen-bond acceptors (Lipinski definition) is 3. The van der Waals surface area contributed by atoms with Gasteiger partial charge in [0.1, 0.15) is 12.1 Å². The van der Waals surface area contributed by atoms with Crippen LogP contribution in [0, 0.1) is 11.8 Å². The van der Waals surface area contributed by atoms with Gasteiger partial charge in [-0.1, -0.05) is 27.7 Å². The maximum atomic E-state index is 12.8. The fourth-order valence-electron chi connectivity index (χ4n) is 2.76. The zero-order valence-corrected chi connectivity index (χ0v) is 13.3. The number of aromatic nitrogens is 2. The summed E-state index contributed by atoms with van der Waals surface area (Å²) in [5.41, 5.74) is 0. The molecule has 2 heterocycles. The summed E-state index contributed by atoms with van der Waals surface area (Å²) < 4.78 is 1.64. The van der Waals surface area contributed by atoms with Crippen LogP contribution in [0.1, 0.15) is 34.1 Å². The van der Waals surface area contributed by atoms with Crippen molar-refractivity contribution in [2.45, 2.75) is 46.2 Å². The van der Waals surface area contributed by atoms with Gasteiger partial charge in [-0.2, -0.15) is 5.10 Å². The van der Waals surface area contributed by atoms with Crippen LogP contribution in [0.5, 0.6) is 0 Å². The zero-order valence-electron chi connectivity index (χ0n) is 13.3. The van der Waals surface area contributed by atoms with Gasteiger partial charge < -0.3 is 5.32 Å². The van der Waals surface area contributed by atoms with Gasteiger partial charge in [0, 0.05) is 19.3 Å². The lowest BCUT2D eigenvalue weighted by Crippen LogP contribution is -2.65. The van der Waals surface area contributed by atoms with Gasteiger partial charge in [0.05, 0.1) is 0 Å². The second-order valence-electron chi connectivity index (χ2n) is 6.44. The molecular weight excluding hydrogens is 268 g/mol. The van der Waals surface area contributed by atoms with E-state index in [1.165, 1.54) is 0 Å². The molecule has 1 fully saturated rings. The lowest BCUT2D eigenvalue weighted by atomic mass is 9.93. The number of anilines is 1. The molecule has 2 unspecified atom stereocenters. The third-order valence-electron chi connectivity index (χ3n) is 3.68. The summed E-state index contributed by atoms with van der Waals surface area (Å²) in [4.78, 5) is 26.8. The molecule has 2 amide bonds. The smallest absolute Gasteiger partial charge is 0.251 e. The molecule has 0 aliphatic carbocycles. The van der Waals surface area contributed by atoms with E-state index in [1.54, 1.807) is 28.9 Å². The van der Waals surface area contributed by atoms with Crippen LogP contribution >= 0.6 is 0 Å². The second-order valence-corrected chi connectivity index (χ2v) is 6.44. The van der Waals surface area contributed by atoms with Crippen molar-refractivity contribution in [3.05, 3.63) is 12.3 Å². The first-order valence-electron chi connectivity index (χ1n) is 7.44. The molecule has 0 aromatic carbocycles. The van der Waals surface area contributed by atoms with Gasteiger partial charge in [-0.15, -0.1) is 0 Å². The first kappa shape index (κ1) is 15.5. The number of nitrogens with one attached hydrogen (secondary N) is 1. The molecule has 0 radical (unpaired) electrons. The maximum absolute atomic E-state index is 12.8. The van der Waals surface area contributed by atoms with Gasteiger partial charge in [0.25, 0.3) is 5.91 Å². The van der Waals surface area contributed by atoms with Crippen LogP contribution in [0.25, 0.3) is 0 Å². The highest BCUT2D eigenvalue weighted by Crippen LogP contribution is 2.25. The van der Waals surface area contributed by atoms with E-state index in [-0.39, 0.29) is 17.7 Å². The van der Waals surface area contributed by atoms with E-state index >= 15 is 0 Å². The first-order chi connectivity index (χ1) is 9.81. The van der Waals surface area contributed by atoms with Gasteiger partial charge in [-0.05, 0) is 18.3 Å². The maximum Gasteiger partial charge on any atom is 0.251 e. The Balaban J connectivity index is 2.37. The number of amides is 2. The Labute approximate surface area is 125 Å². The van der Waals surface area contributed by atoms with Crippen LogP contribution in [0.4, 0.5) is 5.82 Å². The van der Waals surface area contributed by atoms with Crippen molar-refractivity contribution < 1.29 is 9.59 Å². The lowest BCUT2D eigenvalue weighted by Gasteiger charge is -2.40. The molecule has 6 heteroatoms. The van der Waals surface area contributed by atoms with Crippen molar-refractivity contribution in [2.24, 2.45) is 18.9 Å². The van der Waals surface area contributed by atoms with E-state index in [0.717, 1.165) is 0 Å². The Hall–Kier alpha value is -1.85. The summed E-state index contributed by atoms with van der Waals surface area (Å²) in [6.07, 6.45) is 2.42. The molecule has 2 rings (SSSR count). The first-order valence-corrected chi connectivity index (χ1v) is 7.44. The molecule has 1 aliphatic rings. The Kier molecular flexibility index (Phi) is 4.34. The number of nitrogens with zero attached hydrogens (tertiary/aromatic N) is 3. The highest BCUT2D eigenvalue weighted by Gasteiger charge is 2.43. The van der Waals surface area contributed by atoms with Gasteiger partial charge >= 0.3 is 0 Å². The van der Waals surface area contributed by atoms with E-state index in [9.17, 15) is 9.59 Å². The van der Waals surface area contributed by atoms with E-state index in [1.807, 2.05) is 27.7 Å². The van der Waals surface area contributed by atoms with Crippen molar-refractivity contribution in [3.63, 3.8) is 0 Å². The molecule has 1 aromatic heterocycles. The largest absolute Gasteiger partial charge is 0.342 e. The molecule has 21 heavy (non-hydrogen) atoms. The van der Waals surface area contributed by atoms with Crippen LogP contribution in [0.15, 0.2) is 12.3 Å². The minimum atomic E-state index is -0.504. The van der Waals surface area contributed by atoms with Gasteiger partial charge in [-0.3, -0.25) is 19.2 Å². The molecule has 0 bridgehead atoms. The van der Waals surface area contributed by atoms with E-state index in [4.69, 9.17) is 0 Å². The summed E-state index contributed by atoms with van der Waals surface area (Å²) >= 11 is 0. The number of piperazine rings is 1. The van der Waals surface area contributed by atoms with E-state index in [2.05, 4.69) is 10.4 Å². The molecule has 1 aliphatic heterocycles. The summed E-state index contributed by atoms with van der Waals surface area (Å²) in [6, 6.07) is 0.809. The van der Waals surface area contributed by atoms with Crippen LogP contribution in [0.2, 0.25) is 0 Å². The standard InChI is InChI=1S/C15H24N4O2/c1-9(2)8-11-15(21)19(12-6-7-18(5)17-12)13(10(3)4)14(20)16-11/h6-7,9-11,13H,8H2,1-5H3,(H,16,20). The molecule has 1 N–H and O–H groups in total. The predicted octanol–water partition coefficient (Wildman–Crippen LogP) is 1.32. The third kappa shape index (κ3) is 3.09. The average molecular weight is 292 g/mol. The number of aryl methyl sites for hydroxylation is 1. The Bertz CT molecular complexity index is 536. The fourth-order valence-corrected chi connectivity index (χ4v) is 2.76. The summed E-state index contributed by atoms with van der Waals surface area (Å²) in [5, 5.41) is 7.18. The summed E-state index contributed by atoms with van der Waals surface area (Å²) in [7, 11) is 1.80. The lowest BCUT2D eigenvalue weighted by molar-refractivity contribution is -0.135. The van der Waals surface area contributed by atoms with Crippen molar-refractivity contribution in [2.75, 3.05) is 4.90 Å². The van der Waals surface area contributed by atoms with E-state index < -0.39 is 12.1 Å². The molecule has 6 nitrogen and oxygen atoms in total. The van der Waals surface area contributed by atoms with Gasteiger partial charge in [0.2, 0.25) is 5.91 Å². The molecule has 1 saturated heterocycles. The molecule has 1 aromatic rings. The van der Waals surface area contributed by atoms with Crippen molar-refractivity contribution in [3.8, 4) is 0 Å². The highest BCUT2D eigenvalue weighted by molar-refractivity contribution is 6.08. The molecular formula is C15H24N4O2. The minimum absolute atomic E-state index is 0.0240. The fraction of sp³-hybridized carbons (Fsp3) is 0.667. The Morgan fingerprint density at radius 3 is 2.43 bits per heavy atom. The van der Waals surface area contributed by atoms with E-state index in [0.29, 0.717) is 18.2 Å². The average Bonchev–Trinajstić information content (AvgIpc) is 2.78. The van der Waals surface area contributed by atoms with Gasteiger partial charge in [0.15, 0.2) is 5.82 Å². The van der Waals surface area contributed by atoms with Crippen LogP contribution in [-0.4, -0.2) is 33.7 Å². The van der Waals surface area contributed by atoms with Crippen LogP contribution in [0.3, 0.4) is 0 Å². The topological polar surface area (TPSA) is 67.2 Å². The number of carbonyl (C=O) groups excluding carboxylic acids is 2. The van der Waals surface area contributed by atoms with Crippen LogP contribution < -0.4 is 10.2 Å². The highest BCUT2D eigenvalue weighted by atomic mass is 16.2. The molecule has 2 atom stereocenters. The third-order valence-corrected chi connectivity index (χ3v) is 3.68. The second kappa shape index (κ2) is 5.87. The number of carbonyl (C=O) groups is 2. The Morgan fingerprint density at radius 1 is 1.29 bits per heavy atom. The molecule has 0 saturated carbocycles. The number of hydrogen-bond donors (Lipinski definition) is 1. The zero-order chi connectivity index (χ0) is 15.7.